The van der Waals surface area contributed by atoms with E-state index in [1.807, 2.05) is 30.0 Å². The van der Waals surface area contributed by atoms with Gasteiger partial charge in [-0.2, -0.15) is 0 Å². The maximum atomic E-state index is 12.5. The third-order valence-electron chi connectivity index (χ3n) is 7.88. The van der Waals surface area contributed by atoms with Gasteiger partial charge in [-0.15, -0.1) is 0 Å². The molecule has 1 aromatic heterocycles. The molecule has 1 fully saturated rings. The summed E-state index contributed by atoms with van der Waals surface area (Å²) in [7, 11) is 3.74. The Balaban J connectivity index is 1.45. The molecule has 1 saturated heterocycles. The van der Waals surface area contributed by atoms with Gasteiger partial charge in [-0.3, -0.25) is 9.69 Å². The van der Waals surface area contributed by atoms with Crippen molar-refractivity contribution in [2.75, 3.05) is 40.1 Å². The summed E-state index contributed by atoms with van der Waals surface area (Å²) in [5.41, 5.74) is 4.38. The van der Waals surface area contributed by atoms with Crippen LogP contribution in [-0.2, 0) is 23.8 Å². The number of fused-ring (bicyclic) bond motifs is 5. The Morgan fingerprint density at radius 3 is 2.69 bits per heavy atom. The standard InChI is InChI=1S/C27H31N3O5/c1-4-24(32)30-14-27(15-30)13-29(11-17-5-8-22-23(9-17)35-16-34-22)21(12-31)26-25(27)19-7-6-18(33-3)10-20(19)28(26)2/h5-10,21,31H,4,11-16H2,1-3H3/t21-/m1/s1. The number of aliphatic hydroxyl groups excluding tert-OH is 1. The lowest BCUT2D eigenvalue weighted by Gasteiger charge is -2.56. The van der Waals surface area contributed by atoms with Crippen LogP contribution in [0.3, 0.4) is 0 Å². The van der Waals surface area contributed by atoms with Gasteiger partial charge in [0.25, 0.3) is 0 Å². The molecule has 6 rings (SSSR count). The van der Waals surface area contributed by atoms with Crippen LogP contribution in [0.2, 0.25) is 0 Å². The van der Waals surface area contributed by atoms with Gasteiger partial charge in [-0.25, -0.2) is 0 Å². The number of carbonyl (C=O) groups excluding carboxylic acids is 1. The topological polar surface area (TPSA) is 76.4 Å². The van der Waals surface area contributed by atoms with Crippen LogP contribution in [0.4, 0.5) is 0 Å². The molecule has 8 heteroatoms. The summed E-state index contributed by atoms with van der Waals surface area (Å²) in [5.74, 6) is 2.51. The Morgan fingerprint density at radius 2 is 1.94 bits per heavy atom. The molecule has 0 radical (unpaired) electrons. The fraction of sp³-hybridized carbons (Fsp3) is 0.444. The molecule has 3 aliphatic rings. The van der Waals surface area contributed by atoms with E-state index in [2.05, 4.69) is 34.7 Å². The zero-order valence-electron chi connectivity index (χ0n) is 20.4. The maximum absolute atomic E-state index is 12.5. The molecule has 35 heavy (non-hydrogen) atoms. The number of likely N-dealkylation sites (tertiary alicyclic amines) is 1. The van der Waals surface area contributed by atoms with E-state index >= 15 is 0 Å². The number of rotatable bonds is 5. The lowest BCUT2D eigenvalue weighted by Crippen LogP contribution is -2.67. The number of carbonyl (C=O) groups is 1. The number of nitrogens with zero attached hydrogens (tertiary/aromatic N) is 3. The number of ether oxygens (including phenoxy) is 3. The van der Waals surface area contributed by atoms with Gasteiger partial charge in [-0.05, 0) is 35.4 Å². The average Bonchev–Trinajstić information content (AvgIpc) is 3.44. The minimum absolute atomic E-state index is 0.00648. The number of hydrogen-bond acceptors (Lipinski definition) is 6. The van der Waals surface area contributed by atoms with Crippen molar-refractivity contribution in [1.82, 2.24) is 14.4 Å². The molecule has 3 aromatic rings. The van der Waals surface area contributed by atoms with E-state index in [1.165, 1.54) is 10.9 Å². The van der Waals surface area contributed by atoms with Gasteiger partial charge >= 0.3 is 0 Å². The molecule has 184 valence electrons. The van der Waals surface area contributed by atoms with Crippen LogP contribution in [0.15, 0.2) is 36.4 Å². The Labute approximate surface area is 204 Å². The summed E-state index contributed by atoms with van der Waals surface area (Å²) in [6, 6.07) is 12.1. The second-order valence-electron chi connectivity index (χ2n) is 9.88. The zero-order chi connectivity index (χ0) is 24.3. The van der Waals surface area contributed by atoms with E-state index in [9.17, 15) is 9.90 Å². The first-order valence-electron chi connectivity index (χ1n) is 12.2. The van der Waals surface area contributed by atoms with Crippen molar-refractivity contribution >= 4 is 16.8 Å². The van der Waals surface area contributed by atoms with Crippen molar-refractivity contribution in [2.24, 2.45) is 7.05 Å². The van der Waals surface area contributed by atoms with E-state index < -0.39 is 0 Å². The predicted molar refractivity (Wildman–Crippen MR) is 131 cm³/mol. The van der Waals surface area contributed by atoms with E-state index in [-0.39, 0.29) is 30.8 Å². The van der Waals surface area contributed by atoms with Crippen LogP contribution in [0.1, 0.15) is 36.2 Å². The van der Waals surface area contributed by atoms with Crippen molar-refractivity contribution in [3.8, 4) is 17.2 Å². The normalized spacial score (nSPS) is 20.2. The van der Waals surface area contributed by atoms with E-state index in [4.69, 9.17) is 14.2 Å². The van der Waals surface area contributed by atoms with Gasteiger partial charge in [0.05, 0.1) is 25.3 Å². The third-order valence-corrected chi connectivity index (χ3v) is 7.88. The van der Waals surface area contributed by atoms with E-state index in [1.54, 1.807) is 7.11 Å². The highest BCUT2D eigenvalue weighted by molar-refractivity contribution is 5.89. The molecule has 0 saturated carbocycles. The minimum atomic E-state index is -0.184. The predicted octanol–water partition coefficient (Wildman–Crippen LogP) is 2.95. The Hall–Kier alpha value is -3.23. The monoisotopic (exact) mass is 477 g/mol. The quantitative estimate of drug-likeness (QED) is 0.609. The van der Waals surface area contributed by atoms with Gasteiger partial charge in [0.15, 0.2) is 11.5 Å². The first-order valence-corrected chi connectivity index (χ1v) is 12.2. The molecule has 0 aliphatic carbocycles. The molecule has 0 bridgehead atoms. The van der Waals surface area contributed by atoms with Crippen molar-refractivity contribution in [3.63, 3.8) is 0 Å². The van der Waals surface area contributed by atoms with Crippen molar-refractivity contribution < 1.29 is 24.1 Å². The van der Waals surface area contributed by atoms with Crippen molar-refractivity contribution in [2.45, 2.75) is 31.3 Å². The highest BCUT2D eigenvalue weighted by Crippen LogP contribution is 2.50. The van der Waals surface area contributed by atoms with Gasteiger partial charge in [0.1, 0.15) is 5.75 Å². The van der Waals surface area contributed by atoms with Gasteiger partial charge in [0.2, 0.25) is 12.7 Å². The average molecular weight is 478 g/mol. The number of aryl methyl sites for hydroxylation is 1. The molecule has 2 aromatic carbocycles. The van der Waals surface area contributed by atoms with Crippen LogP contribution < -0.4 is 14.2 Å². The molecule has 1 atom stereocenters. The van der Waals surface area contributed by atoms with Gasteiger partial charge < -0.3 is 28.8 Å². The molecule has 8 nitrogen and oxygen atoms in total. The Bertz CT molecular complexity index is 1310. The second kappa shape index (κ2) is 8.17. The number of methoxy groups -OCH3 is 1. The van der Waals surface area contributed by atoms with Crippen molar-refractivity contribution in [3.05, 3.63) is 53.2 Å². The van der Waals surface area contributed by atoms with Gasteiger partial charge in [-0.1, -0.05) is 13.0 Å². The minimum Gasteiger partial charge on any atom is -0.497 e. The van der Waals surface area contributed by atoms with Gasteiger partial charge in [0, 0.05) is 62.2 Å². The van der Waals surface area contributed by atoms with Crippen LogP contribution in [-0.4, -0.2) is 65.5 Å². The van der Waals surface area contributed by atoms with Crippen LogP contribution >= 0.6 is 0 Å². The molecule has 1 spiro atoms. The zero-order valence-corrected chi connectivity index (χ0v) is 20.4. The molecular formula is C27H31N3O5. The second-order valence-corrected chi connectivity index (χ2v) is 9.88. The lowest BCUT2D eigenvalue weighted by molar-refractivity contribution is -0.140. The van der Waals surface area contributed by atoms with E-state index in [0.29, 0.717) is 26.1 Å². The SMILES string of the molecule is CCC(=O)N1CC2(C1)CN(Cc1ccc3c(c1)OCO3)[C@H](CO)c1c2c2ccc(OC)cc2n1C. The summed E-state index contributed by atoms with van der Waals surface area (Å²) in [6.45, 7) is 4.97. The number of benzene rings is 2. The molecular weight excluding hydrogens is 446 g/mol. The molecule has 1 N–H and O–H groups in total. The number of aromatic nitrogens is 1. The van der Waals surface area contributed by atoms with Crippen LogP contribution in [0.25, 0.3) is 10.9 Å². The summed E-state index contributed by atoms with van der Waals surface area (Å²) >= 11 is 0. The first-order chi connectivity index (χ1) is 17.0. The highest BCUT2D eigenvalue weighted by Gasteiger charge is 2.54. The van der Waals surface area contributed by atoms with Crippen molar-refractivity contribution in [1.29, 1.82) is 0 Å². The summed E-state index contributed by atoms with van der Waals surface area (Å²) in [6.07, 6.45) is 0.510. The number of aliphatic hydroxyl groups is 1. The first kappa shape index (κ1) is 22.2. The molecule has 0 unspecified atom stereocenters. The maximum Gasteiger partial charge on any atom is 0.231 e. The fourth-order valence-corrected chi connectivity index (χ4v) is 6.25. The summed E-state index contributed by atoms with van der Waals surface area (Å²) in [4.78, 5) is 16.8. The summed E-state index contributed by atoms with van der Waals surface area (Å²) in [5, 5.41) is 11.8. The molecule has 3 aliphatic heterocycles. The third kappa shape index (κ3) is 3.31. The molecule has 1 amide bonds. The fourth-order valence-electron chi connectivity index (χ4n) is 6.25. The highest BCUT2D eigenvalue weighted by atomic mass is 16.7. The van der Waals surface area contributed by atoms with E-state index in [0.717, 1.165) is 40.6 Å². The molecule has 4 heterocycles. The Kier molecular flexibility index (Phi) is 5.19. The smallest absolute Gasteiger partial charge is 0.231 e. The Morgan fingerprint density at radius 1 is 1.14 bits per heavy atom. The largest absolute Gasteiger partial charge is 0.497 e. The number of amides is 1. The van der Waals surface area contributed by atoms with Crippen LogP contribution in [0.5, 0.6) is 17.2 Å². The summed E-state index contributed by atoms with van der Waals surface area (Å²) < 4.78 is 18.8. The lowest BCUT2D eigenvalue weighted by atomic mass is 9.68. The number of hydrogen-bond donors (Lipinski definition) is 1. The van der Waals surface area contributed by atoms with Crippen LogP contribution in [0, 0.1) is 0 Å².